The molecule has 1 aliphatic carbocycles. The van der Waals surface area contributed by atoms with Gasteiger partial charge in [-0.15, -0.1) is 0 Å². The van der Waals surface area contributed by atoms with Crippen molar-refractivity contribution in [2.45, 2.75) is 57.5 Å². The van der Waals surface area contributed by atoms with Crippen LogP contribution in [-0.2, 0) is 10.5 Å². The zero-order valence-corrected chi connectivity index (χ0v) is 10.8. The van der Waals surface area contributed by atoms with E-state index in [1.54, 1.807) is 0 Å². The highest BCUT2D eigenvalue weighted by Crippen LogP contribution is 2.38. The summed E-state index contributed by atoms with van der Waals surface area (Å²) >= 11 is 0. The summed E-state index contributed by atoms with van der Waals surface area (Å²) in [4.78, 5) is 4.66. The second-order valence-corrected chi connectivity index (χ2v) is 5.52. The van der Waals surface area contributed by atoms with Crippen molar-refractivity contribution < 1.29 is 10.1 Å². The van der Waals surface area contributed by atoms with Crippen LogP contribution in [0.1, 0.15) is 63.0 Å². The molecular formula is C15H22O2. The van der Waals surface area contributed by atoms with Crippen LogP contribution in [0.4, 0.5) is 0 Å². The van der Waals surface area contributed by atoms with Crippen LogP contribution in [0.25, 0.3) is 0 Å². The molecule has 0 aromatic heterocycles. The highest BCUT2D eigenvalue weighted by Gasteiger charge is 2.28. The van der Waals surface area contributed by atoms with E-state index in [1.165, 1.54) is 37.7 Å². The summed E-state index contributed by atoms with van der Waals surface area (Å²) in [5.74, 6) is 0.634. The predicted octanol–water partition coefficient (Wildman–Crippen LogP) is 4.46. The first kappa shape index (κ1) is 12.6. The Morgan fingerprint density at radius 2 is 1.76 bits per heavy atom. The standard InChI is InChI=1S/C15H22O2/c1-15(2,17-16)14-11-7-6-10-13(14)12-8-4-3-5-9-12/h6-7,10-12,16H,3-5,8-9H2,1-2H3. The molecule has 1 aliphatic rings. The van der Waals surface area contributed by atoms with E-state index in [9.17, 15) is 0 Å². The van der Waals surface area contributed by atoms with Gasteiger partial charge in [-0.2, -0.15) is 0 Å². The minimum absolute atomic E-state index is 0.617. The Hall–Kier alpha value is -0.860. The van der Waals surface area contributed by atoms with Crippen molar-refractivity contribution in [1.82, 2.24) is 0 Å². The van der Waals surface area contributed by atoms with Gasteiger partial charge in [0.2, 0.25) is 0 Å². The quantitative estimate of drug-likeness (QED) is 0.618. The molecule has 2 heteroatoms. The molecule has 0 heterocycles. The third-order valence-corrected chi connectivity index (χ3v) is 3.88. The molecule has 2 rings (SSSR count). The number of hydrogen-bond donors (Lipinski definition) is 1. The van der Waals surface area contributed by atoms with Gasteiger partial charge >= 0.3 is 0 Å². The van der Waals surface area contributed by atoms with Crippen molar-refractivity contribution >= 4 is 0 Å². The fourth-order valence-electron chi connectivity index (χ4n) is 2.86. The summed E-state index contributed by atoms with van der Waals surface area (Å²) in [5, 5.41) is 9.07. The van der Waals surface area contributed by atoms with Crippen LogP contribution >= 0.6 is 0 Å². The Morgan fingerprint density at radius 3 is 2.41 bits per heavy atom. The Morgan fingerprint density at radius 1 is 1.12 bits per heavy atom. The molecule has 2 nitrogen and oxygen atoms in total. The third kappa shape index (κ3) is 2.70. The van der Waals surface area contributed by atoms with Crippen molar-refractivity contribution in [2.24, 2.45) is 0 Å². The van der Waals surface area contributed by atoms with Crippen LogP contribution in [0, 0.1) is 0 Å². The zero-order valence-electron chi connectivity index (χ0n) is 10.8. The minimum atomic E-state index is -0.617. The largest absolute Gasteiger partial charge is 0.251 e. The lowest BCUT2D eigenvalue weighted by molar-refractivity contribution is -0.318. The van der Waals surface area contributed by atoms with Gasteiger partial charge in [-0.25, -0.2) is 4.89 Å². The monoisotopic (exact) mass is 234 g/mol. The smallest absolute Gasteiger partial charge is 0.123 e. The van der Waals surface area contributed by atoms with E-state index in [0.717, 1.165) is 5.56 Å². The molecule has 0 unspecified atom stereocenters. The molecule has 0 amide bonds. The first-order chi connectivity index (χ1) is 8.15. The van der Waals surface area contributed by atoms with Crippen LogP contribution in [0.3, 0.4) is 0 Å². The summed E-state index contributed by atoms with van der Waals surface area (Å²) in [6, 6.07) is 8.36. The van der Waals surface area contributed by atoms with Gasteiger partial charge < -0.3 is 0 Å². The molecule has 0 aliphatic heterocycles. The lowest BCUT2D eigenvalue weighted by atomic mass is 9.79. The maximum absolute atomic E-state index is 9.07. The summed E-state index contributed by atoms with van der Waals surface area (Å²) in [7, 11) is 0. The Balaban J connectivity index is 2.33. The average Bonchev–Trinajstić information content (AvgIpc) is 2.40. The van der Waals surface area contributed by atoms with E-state index in [1.807, 2.05) is 19.9 Å². The van der Waals surface area contributed by atoms with Crippen molar-refractivity contribution in [2.75, 3.05) is 0 Å². The van der Waals surface area contributed by atoms with E-state index in [-0.39, 0.29) is 0 Å². The molecule has 1 N–H and O–H groups in total. The molecule has 1 fully saturated rings. The van der Waals surface area contributed by atoms with Crippen molar-refractivity contribution in [3.63, 3.8) is 0 Å². The molecular weight excluding hydrogens is 212 g/mol. The normalized spacial score (nSPS) is 18.3. The van der Waals surface area contributed by atoms with Crippen molar-refractivity contribution in [1.29, 1.82) is 0 Å². The van der Waals surface area contributed by atoms with Crippen LogP contribution in [-0.4, -0.2) is 5.26 Å². The Kier molecular flexibility index (Phi) is 3.85. The average molecular weight is 234 g/mol. The molecule has 1 aromatic rings. The summed E-state index contributed by atoms with van der Waals surface area (Å²) in [6.45, 7) is 3.82. The van der Waals surface area contributed by atoms with Gasteiger partial charge in [-0.05, 0) is 43.7 Å². The van der Waals surface area contributed by atoms with Crippen LogP contribution in [0.5, 0.6) is 0 Å². The van der Waals surface area contributed by atoms with Gasteiger partial charge in [0.25, 0.3) is 0 Å². The Bertz CT molecular complexity index is 365. The van der Waals surface area contributed by atoms with Gasteiger partial charge in [0.15, 0.2) is 0 Å². The van der Waals surface area contributed by atoms with E-state index in [2.05, 4.69) is 23.1 Å². The molecule has 94 valence electrons. The Labute approximate surface area is 104 Å². The van der Waals surface area contributed by atoms with E-state index in [0.29, 0.717) is 5.92 Å². The molecule has 1 saturated carbocycles. The molecule has 0 atom stereocenters. The fourth-order valence-corrected chi connectivity index (χ4v) is 2.86. The number of hydrogen-bond acceptors (Lipinski definition) is 2. The van der Waals surface area contributed by atoms with E-state index >= 15 is 0 Å². The molecule has 1 aromatic carbocycles. The number of rotatable bonds is 3. The van der Waals surface area contributed by atoms with Crippen LogP contribution in [0.2, 0.25) is 0 Å². The maximum atomic E-state index is 9.07. The molecule has 17 heavy (non-hydrogen) atoms. The third-order valence-electron chi connectivity index (χ3n) is 3.88. The van der Waals surface area contributed by atoms with Gasteiger partial charge in [0.05, 0.1) is 0 Å². The first-order valence-electron chi connectivity index (χ1n) is 6.57. The highest BCUT2D eigenvalue weighted by atomic mass is 17.1. The predicted molar refractivity (Wildman–Crippen MR) is 69.0 cm³/mol. The maximum Gasteiger partial charge on any atom is 0.123 e. The highest BCUT2D eigenvalue weighted by molar-refractivity contribution is 5.34. The van der Waals surface area contributed by atoms with Gasteiger partial charge in [0.1, 0.15) is 5.60 Å². The molecule has 0 bridgehead atoms. The van der Waals surface area contributed by atoms with Crippen molar-refractivity contribution in [3.8, 4) is 0 Å². The minimum Gasteiger partial charge on any atom is -0.251 e. The lowest BCUT2D eigenvalue weighted by Crippen LogP contribution is -2.23. The van der Waals surface area contributed by atoms with Crippen LogP contribution in [0.15, 0.2) is 24.3 Å². The number of benzene rings is 1. The lowest BCUT2D eigenvalue weighted by Gasteiger charge is -2.29. The van der Waals surface area contributed by atoms with Gasteiger partial charge in [0, 0.05) is 0 Å². The first-order valence-corrected chi connectivity index (χ1v) is 6.57. The second-order valence-electron chi connectivity index (χ2n) is 5.52. The van der Waals surface area contributed by atoms with E-state index < -0.39 is 5.60 Å². The van der Waals surface area contributed by atoms with Gasteiger partial charge in [-0.1, -0.05) is 43.5 Å². The van der Waals surface area contributed by atoms with Gasteiger partial charge in [-0.3, -0.25) is 5.26 Å². The molecule has 0 radical (unpaired) electrons. The summed E-state index contributed by atoms with van der Waals surface area (Å²) in [5.41, 5.74) is 1.86. The fraction of sp³-hybridized carbons (Fsp3) is 0.600. The second kappa shape index (κ2) is 5.19. The van der Waals surface area contributed by atoms with E-state index in [4.69, 9.17) is 5.26 Å². The summed E-state index contributed by atoms with van der Waals surface area (Å²) < 4.78 is 0. The van der Waals surface area contributed by atoms with Crippen molar-refractivity contribution in [3.05, 3.63) is 35.4 Å². The zero-order chi connectivity index (χ0) is 12.3. The topological polar surface area (TPSA) is 29.5 Å². The summed E-state index contributed by atoms with van der Waals surface area (Å²) in [6.07, 6.45) is 6.52. The molecule has 0 spiro atoms. The van der Waals surface area contributed by atoms with Crippen LogP contribution < -0.4 is 0 Å². The molecule has 0 saturated heterocycles. The SMILES string of the molecule is CC(C)(OO)c1ccccc1C1CCCCC1.